The third-order valence-corrected chi connectivity index (χ3v) is 2.76. The fourth-order valence-corrected chi connectivity index (χ4v) is 2.11. The number of hydrogen-bond acceptors (Lipinski definition) is 0. The highest BCUT2D eigenvalue weighted by molar-refractivity contribution is 9.09. The molecule has 0 unspecified atom stereocenters. The van der Waals surface area contributed by atoms with Gasteiger partial charge in [-0.1, -0.05) is 33.1 Å². The molecule has 10 heavy (non-hydrogen) atoms. The lowest BCUT2D eigenvalue weighted by Gasteiger charge is -2.14. The lowest BCUT2D eigenvalue weighted by Crippen LogP contribution is -1.96. The highest BCUT2D eigenvalue weighted by Gasteiger charge is 2.09. The second kappa shape index (κ2) is 4.40. The molecule has 0 fully saturated rings. The van der Waals surface area contributed by atoms with Crippen LogP contribution in [-0.2, 0) is 0 Å². The molecule has 0 radical (unpaired) electrons. The number of hydrogen-bond donors (Lipinski definition) is 0. The van der Waals surface area contributed by atoms with E-state index < -0.39 is 0 Å². The Kier molecular flexibility index (Phi) is 3.79. The van der Waals surface area contributed by atoms with Crippen molar-refractivity contribution in [3.8, 4) is 0 Å². The van der Waals surface area contributed by atoms with Crippen LogP contribution in [0.4, 0.5) is 0 Å². The molecule has 0 amide bonds. The third kappa shape index (κ3) is 2.28. The molecule has 58 valence electrons. The Labute approximate surface area is 75.8 Å². The van der Waals surface area contributed by atoms with E-state index in [1.54, 1.807) is 0 Å². The topological polar surface area (TPSA) is 0 Å². The zero-order valence-corrected chi connectivity index (χ0v) is 8.34. The molecule has 1 rings (SSSR count). The second-order valence-corrected chi connectivity index (χ2v) is 3.90. The second-order valence-electron chi connectivity index (χ2n) is 2.65. The predicted molar refractivity (Wildman–Crippen MR) is 49.8 cm³/mol. The molecule has 1 aliphatic carbocycles. The van der Waals surface area contributed by atoms with Crippen LogP contribution < -0.4 is 0 Å². The first kappa shape index (κ1) is 8.61. The van der Waals surface area contributed by atoms with Crippen LogP contribution in [0.5, 0.6) is 0 Å². The van der Waals surface area contributed by atoms with Gasteiger partial charge in [0.05, 0.1) is 0 Å². The van der Waals surface area contributed by atoms with Crippen molar-refractivity contribution < 1.29 is 0 Å². The minimum Gasteiger partial charge on any atom is -0.0925 e. The highest BCUT2D eigenvalue weighted by atomic mass is 79.9. The molecule has 0 aromatic heterocycles. The maximum atomic E-state index is 6.02. The van der Waals surface area contributed by atoms with Gasteiger partial charge in [-0.3, -0.25) is 0 Å². The average Bonchev–Trinajstić information content (AvgIpc) is 1.94. The summed E-state index contributed by atoms with van der Waals surface area (Å²) in [6.07, 6.45) is 6.09. The average molecular weight is 224 g/mol. The first-order chi connectivity index (χ1) is 4.84. The molecule has 1 aliphatic rings. The number of allylic oxidation sites excluding steroid dienone is 2. The molecule has 0 saturated carbocycles. The van der Waals surface area contributed by atoms with Crippen molar-refractivity contribution in [1.82, 2.24) is 0 Å². The zero-order chi connectivity index (χ0) is 7.40. The Morgan fingerprint density at radius 3 is 2.60 bits per heavy atom. The standard InChI is InChI=1S/C8H12BrCl/c9-6-5-7-3-1-2-4-8(7)10/h1-6H2. The molecular formula is C8H12BrCl. The minimum absolute atomic E-state index is 1.05. The minimum atomic E-state index is 1.05. The summed E-state index contributed by atoms with van der Waals surface area (Å²) in [5.41, 5.74) is 1.48. The molecule has 0 aromatic carbocycles. The van der Waals surface area contributed by atoms with E-state index in [1.165, 1.54) is 24.8 Å². The van der Waals surface area contributed by atoms with Crippen LogP contribution in [-0.4, -0.2) is 5.33 Å². The summed E-state index contributed by atoms with van der Waals surface area (Å²) in [6.45, 7) is 0. The van der Waals surface area contributed by atoms with Gasteiger partial charge in [-0.05, 0) is 32.1 Å². The van der Waals surface area contributed by atoms with Crippen molar-refractivity contribution in [2.45, 2.75) is 32.1 Å². The van der Waals surface area contributed by atoms with Crippen molar-refractivity contribution in [3.05, 3.63) is 10.6 Å². The molecular weight excluding hydrogens is 211 g/mol. The molecule has 0 spiro atoms. The molecule has 0 nitrogen and oxygen atoms in total. The summed E-state index contributed by atoms with van der Waals surface area (Å²) in [6, 6.07) is 0. The van der Waals surface area contributed by atoms with E-state index in [9.17, 15) is 0 Å². The van der Waals surface area contributed by atoms with Gasteiger partial charge in [0.15, 0.2) is 0 Å². The largest absolute Gasteiger partial charge is 0.0925 e. The van der Waals surface area contributed by atoms with E-state index >= 15 is 0 Å². The van der Waals surface area contributed by atoms with Crippen molar-refractivity contribution in [3.63, 3.8) is 0 Å². The molecule has 0 heterocycles. The molecule has 0 aromatic rings. The van der Waals surface area contributed by atoms with Crippen LogP contribution in [0.3, 0.4) is 0 Å². The summed E-state index contributed by atoms with van der Waals surface area (Å²) in [4.78, 5) is 0. The fourth-order valence-electron chi connectivity index (χ4n) is 1.31. The molecule has 2 heteroatoms. The summed E-state index contributed by atoms with van der Waals surface area (Å²) >= 11 is 9.44. The molecule has 0 aliphatic heterocycles. The number of alkyl halides is 1. The smallest absolute Gasteiger partial charge is 0.0173 e. The van der Waals surface area contributed by atoms with Crippen LogP contribution in [0.25, 0.3) is 0 Å². The quantitative estimate of drug-likeness (QED) is 0.624. The normalized spacial score (nSPS) is 19.8. The lowest BCUT2D eigenvalue weighted by molar-refractivity contribution is 0.677. The Morgan fingerprint density at radius 2 is 2.00 bits per heavy atom. The van der Waals surface area contributed by atoms with Gasteiger partial charge in [0, 0.05) is 10.4 Å². The summed E-state index contributed by atoms with van der Waals surface area (Å²) < 4.78 is 0. The van der Waals surface area contributed by atoms with E-state index in [-0.39, 0.29) is 0 Å². The number of halogens is 2. The maximum Gasteiger partial charge on any atom is 0.0173 e. The Balaban J connectivity index is 2.50. The first-order valence-corrected chi connectivity index (χ1v) is 5.27. The van der Waals surface area contributed by atoms with Gasteiger partial charge >= 0.3 is 0 Å². The maximum absolute atomic E-state index is 6.02. The molecule has 0 bridgehead atoms. The summed E-state index contributed by atoms with van der Waals surface area (Å²) in [7, 11) is 0. The lowest BCUT2D eigenvalue weighted by atomic mass is 9.98. The van der Waals surface area contributed by atoms with Crippen LogP contribution in [0.1, 0.15) is 32.1 Å². The van der Waals surface area contributed by atoms with Crippen molar-refractivity contribution in [1.29, 1.82) is 0 Å². The van der Waals surface area contributed by atoms with Crippen LogP contribution in [0, 0.1) is 0 Å². The van der Waals surface area contributed by atoms with Crippen molar-refractivity contribution in [2.75, 3.05) is 5.33 Å². The van der Waals surface area contributed by atoms with Crippen LogP contribution >= 0.6 is 27.5 Å². The van der Waals surface area contributed by atoms with E-state index in [2.05, 4.69) is 15.9 Å². The zero-order valence-electron chi connectivity index (χ0n) is 6.00. The van der Waals surface area contributed by atoms with Crippen molar-refractivity contribution in [2.24, 2.45) is 0 Å². The Bertz CT molecular complexity index is 140. The van der Waals surface area contributed by atoms with Crippen LogP contribution in [0.2, 0.25) is 0 Å². The van der Waals surface area contributed by atoms with E-state index in [1.807, 2.05) is 0 Å². The highest BCUT2D eigenvalue weighted by Crippen LogP contribution is 2.29. The van der Waals surface area contributed by atoms with Gasteiger partial charge in [-0.15, -0.1) is 0 Å². The van der Waals surface area contributed by atoms with Gasteiger partial charge < -0.3 is 0 Å². The van der Waals surface area contributed by atoms with Crippen molar-refractivity contribution >= 4 is 27.5 Å². The third-order valence-electron chi connectivity index (χ3n) is 1.90. The Morgan fingerprint density at radius 1 is 1.30 bits per heavy atom. The summed E-state index contributed by atoms with van der Waals surface area (Å²) in [5, 5.41) is 2.18. The molecule has 0 saturated heterocycles. The Hall–Kier alpha value is 0.510. The van der Waals surface area contributed by atoms with Gasteiger partial charge in [-0.25, -0.2) is 0 Å². The monoisotopic (exact) mass is 222 g/mol. The summed E-state index contributed by atoms with van der Waals surface area (Å²) in [5.74, 6) is 0. The SMILES string of the molecule is ClC1=C(CCBr)CCCC1. The predicted octanol–water partition coefficient (Wildman–Crippen LogP) is 3.84. The number of rotatable bonds is 2. The van der Waals surface area contributed by atoms with E-state index in [0.29, 0.717) is 0 Å². The van der Waals surface area contributed by atoms with Gasteiger partial charge in [0.25, 0.3) is 0 Å². The van der Waals surface area contributed by atoms with E-state index in [4.69, 9.17) is 11.6 Å². The first-order valence-electron chi connectivity index (χ1n) is 3.77. The van der Waals surface area contributed by atoms with Gasteiger partial charge in [0.1, 0.15) is 0 Å². The van der Waals surface area contributed by atoms with Crippen LogP contribution in [0.15, 0.2) is 10.6 Å². The van der Waals surface area contributed by atoms with E-state index in [0.717, 1.165) is 23.2 Å². The fraction of sp³-hybridized carbons (Fsp3) is 0.750. The molecule has 0 N–H and O–H groups in total. The molecule has 0 atom stereocenters. The van der Waals surface area contributed by atoms with Gasteiger partial charge in [-0.2, -0.15) is 0 Å². The van der Waals surface area contributed by atoms with Gasteiger partial charge in [0.2, 0.25) is 0 Å².